The van der Waals surface area contributed by atoms with Crippen molar-refractivity contribution in [3.63, 3.8) is 0 Å². The number of esters is 1. The van der Waals surface area contributed by atoms with Gasteiger partial charge >= 0.3 is 5.97 Å². The molecule has 1 amide bonds. The Labute approximate surface area is 164 Å². The van der Waals surface area contributed by atoms with Crippen LogP contribution in [0.15, 0.2) is 66.7 Å². The molecule has 1 heterocycles. The van der Waals surface area contributed by atoms with Crippen molar-refractivity contribution in [3.05, 3.63) is 77.9 Å². The summed E-state index contributed by atoms with van der Waals surface area (Å²) in [6, 6.07) is 17.0. The van der Waals surface area contributed by atoms with Gasteiger partial charge in [0.15, 0.2) is 5.54 Å². The van der Waals surface area contributed by atoms with Crippen molar-refractivity contribution in [2.45, 2.75) is 18.7 Å². The highest BCUT2D eigenvalue weighted by molar-refractivity contribution is 6.00. The van der Waals surface area contributed by atoms with E-state index in [9.17, 15) is 9.59 Å². The van der Waals surface area contributed by atoms with Gasteiger partial charge in [-0.1, -0.05) is 42.5 Å². The van der Waals surface area contributed by atoms with E-state index in [1.54, 1.807) is 13.2 Å². The van der Waals surface area contributed by atoms with E-state index in [1.165, 1.54) is 18.1 Å². The number of ether oxygens (including phenoxy) is 3. The molecule has 1 atom stereocenters. The number of carbonyl (C=O) groups is 2. The highest BCUT2D eigenvalue weighted by atomic mass is 16.5. The first kappa shape index (κ1) is 19.6. The third-order valence-corrected chi connectivity index (χ3v) is 4.72. The molecule has 0 saturated carbocycles. The Morgan fingerprint density at radius 1 is 1.00 bits per heavy atom. The van der Waals surface area contributed by atoms with Crippen LogP contribution in [0.4, 0.5) is 0 Å². The molecule has 2 aromatic rings. The van der Waals surface area contributed by atoms with Gasteiger partial charge in [-0.25, -0.2) is 4.79 Å². The lowest BCUT2D eigenvalue weighted by molar-refractivity contribution is -0.160. The maximum Gasteiger partial charge on any atom is 0.338 e. The van der Waals surface area contributed by atoms with Crippen molar-refractivity contribution >= 4 is 11.9 Å². The van der Waals surface area contributed by atoms with Crippen LogP contribution in [0.25, 0.3) is 0 Å². The van der Waals surface area contributed by atoms with Crippen LogP contribution in [-0.4, -0.2) is 43.1 Å². The van der Waals surface area contributed by atoms with Crippen LogP contribution in [0.1, 0.15) is 11.1 Å². The Kier molecular flexibility index (Phi) is 6.11. The number of carbonyl (C=O) groups excluding carboxylic acids is 2. The minimum Gasteiger partial charge on any atom is -0.497 e. The summed E-state index contributed by atoms with van der Waals surface area (Å²) in [7, 11) is 2.90. The molecular formula is C22H23NO5. The van der Waals surface area contributed by atoms with E-state index in [2.05, 4.69) is 0 Å². The standard InChI is InChI=1S/C22H23NO5/c1-26-19-10-8-17(9-11-19)14-23-20(24)12-13-22(23,21(25)27-2)16-28-15-18-6-4-3-5-7-18/h3-13H,14-16H2,1-2H3/t22-/m0/s1. The molecule has 6 nitrogen and oxygen atoms in total. The van der Waals surface area contributed by atoms with E-state index in [4.69, 9.17) is 14.2 Å². The minimum absolute atomic E-state index is 0.00691. The average Bonchev–Trinajstić information content (AvgIpc) is 3.05. The van der Waals surface area contributed by atoms with Crippen LogP contribution in [0.3, 0.4) is 0 Å². The van der Waals surface area contributed by atoms with E-state index in [0.29, 0.717) is 6.61 Å². The summed E-state index contributed by atoms with van der Waals surface area (Å²) >= 11 is 0. The molecule has 0 saturated heterocycles. The Morgan fingerprint density at radius 2 is 1.71 bits per heavy atom. The smallest absolute Gasteiger partial charge is 0.338 e. The molecule has 6 heteroatoms. The Balaban J connectivity index is 1.78. The number of hydrogen-bond acceptors (Lipinski definition) is 5. The highest BCUT2D eigenvalue weighted by Crippen LogP contribution is 2.29. The summed E-state index contributed by atoms with van der Waals surface area (Å²) in [5.41, 5.74) is 0.562. The van der Waals surface area contributed by atoms with Crippen LogP contribution in [0.2, 0.25) is 0 Å². The fourth-order valence-electron chi connectivity index (χ4n) is 3.16. The zero-order valence-electron chi connectivity index (χ0n) is 16.0. The number of nitrogens with zero attached hydrogens (tertiary/aromatic N) is 1. The van der Waals surface area contributed by atoms with Crippen molar-refractivity contribution < 1.29 is 23.8 Å². The van der Waals surface area contributed by atoms with Gasteiger partial charge in [-0.15, -0.1) is 0 Å². The van der Waals surface area contributed by atoms with Gasteiger partial charge in [0.1, 0.15) is 5.75 Å². The molecular weight excluding hydrogens is 358 g/mol. The van der Waals surface area contributed by atoms with Crippen molar-refractivity contribution in [2.24, 2.45) is 0 Å². The molecule has 2 aromatic carbocycles. The van der Waals surface area contributed by atoms with Gasteiger partial charge in [-0.05, 0) is 29.3 Å². The second-order valence-electron chi connectivity index (χ2n) is 6.50. The summed E-state index contributed by atoms with van der Waals surface area (Å²) in [5.74, 6) is -0.0687. The zero-order chi connectivity index (χ0) is 20.0. The van der Waals surface area contributed by atoms with Gasteiger partial charge in [0.25, 0.3) is 0 Å². The van der Waals surface area contributed by atoms with Crippen LogP contribution >= 0.6 is 0 Å². The summed E-state index contributed by atoms with van der Waals surface area (Å²) in [6.07, 6.45) is 2.96. The molecule has 0 aliphatic carbocycles. The normalized spacial score (nSPS) is 18.4. The second kappa shape index (κ2) is 8.71. The summed E-state index contributed by atoms with van der Waals surface area (Å²) < 4.78 is 16.0. The predicted octanol–water partition coefficient (Wildman–Crippen LogP) is 2.72. The van der Waals surface area contributed by atoms with Gasteiger partial charge < -0.3 is 19.1 Å². The summed E-state index contributed by atoms with van der Waals surface area (Å²) in [5, 5.41) is 0. The molecule has 0 bridgehead atoms. The van der Waals surface area contributed by atoms with E-state index in [0.717, 1.165) is 16.9 Å². The largest absolute Gasteiger partial charge is 0.497 e. The lowest BCUT2D eigenvalue weighted by atomic mass is 9.99. The number of rotatable bonds is 8. The minimum atomic E-state index is -1.29. The molecule has 0 aromatic heterocycles. The molecule has 0 spiro atoms. The number of benzene rings is 2. The molecule has 1 aliphatic heterocycles. The van der Waals surface area contributed by atoms with Crippen molar-refractivity contribution in [1.29, 1.82) is 0 Å². The van der Waals surface area contributed by atoms with Gasteiger partial charge in [-0.3, -0.25) is 4.79 Å². The monoisotopic (exact) mass is 381 g/mol. The second-order valence-corrected chi connectivity index (χ2v) is 6.50. The lowest BCUT2D eigenvalue weighted by Gasteiger charge is -2.35. The number of methoxy groups -OCH3 is 2. The van der Waals surface area contributed by atoms with Crippen molar-refractivity contribution in [3.8, 4) is 5.75 Å². The third kappa shape index (κ3) is 4.07. The first-order valence-corrected chi connectivity index (χ1v) is 8.93. The maximum atomic E-state index is 12.7. The molecule has 3 rings (SSSR count). The predicted molar refractivity (Wildman–Crippen MR) is 104 cm³/mol. The molecule has 0 N–H and O–H groups in total. The molecule has 146 valence electrons. The quantitative estimate of drug-likeness (QED) is 0.658. The van der Waals surface area contributed by atoms with E-state index in [-0.39, 0.29) is 19.1 Å². The van der Waals surface area contributed by atoms with E-state index in [1.807, 2.05) is 54.6 Å². The first-order chi connectivity index (χ1) is 13.6. The number of hydrogen-bond donors (Lipinski definition) is 0. The molecule has 1 aliphatic rings. The Morgan fingerprint density at radius 3 is 2.36 bits per heavy atom. The van der Waals surface area contributed by atoms with E-state index < -0.39 is 11.5 Å². The van der Waals surface area contributed by atoms with Crippen LogP contribution in [-0.2, 0) is 32.2 Å². The molecule has 0 fully saturated rings. The SMILES string of the molecule is COC(=O)[C@@]1(COCc2ccccc2)C=CC(=O)N1Cc1ccc(OC)cc1. The van der Waals surface area contributed by atoms with Gasteiger partial charge in [0.2, 0.25) is 5.91 Å². The van der Waals surface area contributed by atoms with E-state index >= 15 is 0 Å². The van der Waals surface area contributed by atoms with Crippen LogP contribution in [0, 0.1) is 0 Å². The maximum absolute atomic E-state index is 12.7. The fraction of sp³-hybridized carbons (Fsp3) is 0.273. The van der Waals surface area contributed by atoms with Crippen LogP contribution in [0.5, 0.6) is 5.75 Å². The van der Waals surface area contributed by atoms with Crippen molar-refractivity contribution in [1.82, 2.24) is 4.90 Å². The van der Waals surface area contributed by atoms with Gasteiger partial charge in [-0.2, -0.15) is 0 Å². The zero-order valence-corrected chi connectivity index (χ0v) is 16.0. The Bertz CT molecular complexity index is 847. The summed E-state index contributed by atoms with van der Waals surface area (Å²) in [6.45, 7) is 0.588. The van der Waals surface area contributed by atoms with Crippen LogP contribution < -0.4 is 4.74 Å². The first-order valence-electron chi connectivity index (χ1n) is 8.93. The van der Waals surface area contributed by atoms with Gasteiger partial charge in [0.05, 0.1) is 27.4 Å². The third-order valence-electron chi connectivity index (χ3n) is 4.72. The molecule has 0 unspecified atom stereocenters. The topological polar surface area (TPSA) is 65.1 Å². The number of amides is 1. The lowest BCUT2D eigenvalue weighted by Crippen LogP contribution is -2.55. The highest BCUT2D eigenvalue weighted by Gasteiger charge is 2.49. The molecule has 28 heavy (non-hydrogen) atoms. The summed E-state index contributed by atoms with van der Waals surface area (Å²) in [4.78, 5) is 26.7. The molecule has 0 radical (unpaired) electrons. The van der Waals surface area contributed by atoms with Crippen molar-refractivity contribution in [2.75, 3.05) is 20.8 Å². The fourth-order valence-corrected chi connectivity index (χ4v) is 3.16. The average molecular weight is 381 g/mol. The van der Waals surface area contributed by atoms with Gasteiger partial charge in [0, 0.05) is 12.6 Å². The Hall–Kier alpha value is -3.12.